The average Bonchev–Trinajstić information content (AvgIpc) is 2.81. The number of carbonyl (C=O) groups excluding carboxylic acids is 4. The summed E-state index contributed by atoms with van der Waals surface area (Å²) in [5, 5.41) is 3.06. The van der Waals surface area contributed by atoms with Gasteiger partial charge in [-0.1, -0.05) is 47.1 Å². The summed E-state index contributed by atoms with van der Waals surface area (Å²) in [6.07, 6.45) is 0.592. The Labute approximate surface area is 232 Å². The molecule has 1 aromatic carbocycles. The van der Waals surface area contributed by atoms with Gasteiger partial charge in [0.1, 0.15) is 18.2 Å². The number of ether oxygens (including phenoxy) is 5. The van der Waals surface area contributed by atoms with E-state index in [0.717, 1.165) is 12.8 Å². The van der Waals surface area contributed by atoms with Crippen molar-refractivity contribution in [2.75, 3.05) is 13.7 Å². The second-order valence-electron chi connectivity index (χ2n) is 10.5. The molecule has 0 aromatic heterocycles. The first-order valence-corrected chi connectivity index (χ1v) is 13.6. The predicted octanol–water partition coefficient (Wildman–Crippen LogP) is 4.99. The molecule has 1 rings (SSSR count). The van der Waals surface area contributed by atoms with E-state index in [0.29, 0.717) is 5.56 Å². The van der Waals surface area contributed by atoms with Gasteiger partial charge in [0.05, 0.1) is 7.11 Å². The maximum Gasteiger partial charge on any atom is 0.508 e. The molecule has 2 unspecified atom stereocenters. The third-order valence-corrected chi connectivity index (χ3v) is 5.47. The largest absolute Gasteiger partial charge is 0.508 e. The Hall–Kier alpha value is -3.14. The Bertz CT molecular complexity index is 945. The molecule has 0 amide bonds. The normalized spacial score (nSPS) is 13.4. The van der Waals surface area contributed by atoms with E-state index in [2.05, 4.69) is 5.32 Å². The lowest BCUT2D eigenvalue weighted by Crippen LogP contribution is -2.43. The third kappa shape index (κ3) is 14.0. The fraction of sp³-hybridized carbons (Fsp3) is 0.655. The second-order valence-corrected chi connectivity index (χ2v) is 10.5. The lowest BCUT2D eigenvalue weighted by atomic mass is 10.0. The summed E-state index contributed by atoms with van der Waals surface area (Å²) in [4.78, 5) is 49.1. The molecular formula is C29H45NO9. The fourth-order valence-corrected chi connectivity index (χ4v) is 3.63. The predicted molar refractivity (Wildman–Crippen MR) is 146 cm³/mol. The van der Waals surface area contributed by atoms with Crippen molar-refractivity contribution in [2.45, 2.75) is 98.8 Å². The van der Waals surface area contributed by atoms with Crippen molar-refractivity contribution >= 4 is 24.1 Å². The van der Waals surface area contributed by atoms with Crippen LogP contribution >= 0.6 is 0 Å². The van der Waals surface area contributed by atoms with Crippen molar-refractivity contribution in [1.29, 1.82) is 0 Å². The number of esters is 3. The van der Waals surface area contributed by atoms with Crippen LogP contribution in [0.5, 0.6) is 11.5 Å². The molecule has 0 saturated carbocycles. The van der Waals surface area contributed by atoms with Crippen LogP contribution in [0.2, 0.25) is 0 Å². The van der Waals surface area contributed by atoms with E-state index in [4.69, 9.17) is 23.7 Å². The minimum absolute atomic E-state index is 0.0804. The van der Waals surface area contributed by atoms with E-state index in [1.807, 2.05) is 34.6 Å². The summed E-state index contributed by atoms with van der Waals surface area (Å²) >= 11 is 0. The highest BCUT2D eigenvalue weighted by atomic mass is 16.7. The molecular weight excluding hydrogens is 506 g/mol. The maximum absolute atomic E-state index is 12.5. The highest BCUT2D eigenvalue weighted by Crippen LogP contribution is 2.30. The summed E-state index contributed by atoms with van der Waals surface area (Å²) < 4.78 is 26.4. The first-order chi connectivity index (χ1) is 18.3. The van der Waals surface area contributed by atoms with E-state index in [-0.39, 0.29) is 55.2 Å². The minimum atomic E-state index is -0.787. The molecule has 0 heterocycles. The van der Waals surface area contributed by atoms with Crippen LogP contribution in [-0.4, -0.2) is 56.0 Å². The van der Waals surface area contributed by atoms with Gasteiger partial charge < -0.3 is 29.0 Å². The van der Waals surface area contributed by atoms with Crippen LogP contribution in [0.25, 0.3) is 0 Å². The SMILES string of the molecule is CCCC(C)OC(=O)OC(C)CN[C@@H](Cc1ccc(OC(=O)CC(C)C)c(OC(=O)CC(C)C)c1)C(=O)OC. The Morgan fingerprint density at radius 3 is 1.92 bits per heavy atom. The third-order valence-electron chi connectivity index (χ3n) is 5.47. The van der Waals surface area contributed by atoms with E-state index < -0.39 is 36.2 Å². The van der Waals surface area contributed by atoms with Gasteiger partial charge in [-0.15, -0.1) is 0 Å². The summed E-state index contributed by atoms with van der Waals surface area (Å²) in [5.74, 6) is -1.02. The molecule has 3 atom stereocenters. The van der Waals surface area contributed by atoms with Crippen LogP contribution in [0.4, 0.5) is 4.79 Å². The Morgan fingerprint density at radius 1 is 0.821 bits per heavy atom. The van der Waals surface area contributed by atoms with Crippen LogP contribution in [0.15, 0.2) is 18.2 Å². The lowest BCUT2D eigenvalue weighted by molar-refractivity contribution is -0.143. The zero-order valence-electron chi connectivity index (χ0n) is 24.5. The van der Waals surface area contributed by atoms with E-state index in [1.54, 1.807) is 32.0 Å². The number of nitrogens with one attached hydrogen (secondary N) is 1. The topological polar surface area (TPSA) is 126 Å². The highest BCUT2D eigenvalue weighted by Gasteiger charge is 2.23. The molecule has 0 spiro atoms. The summed E-state index contributed by atoms with van der Waals surface area (Å²) in [7, 11) is 1.28. The number of benzene rings is 1. The summed E-state index contributed by atoms with van der Waals surface area (Å²) in [5.41, 5.74) is 0.635. The Balaban J connectivity index is 2.99. The summed E-state index contributed by atoms with van der Waals surface area (Å²) in [6.45, 7) is 13.2. The van der Waals surface area contributed by atoms with E-state index in [1.165, 1.54) is 7.11 Å². The van der Waals surface area contributed by atoms with Crippen LogP contribution in [0, 0.1) is 11.8 Å². The van der Waals surface area contributed by atoms with Crippen LogP contribution in [0.1, 0.15) is 79.7 Å². The molecule has 0 bridgehead atoms. The van der Waals surface area contributed by atoms with Crippen molar-refractivity contribution < 1.29 is 42.9 Å². The molecule has 10 heteroatoms. The van der Waals surface area contributed by atoms with Crippen LogP contribution in [0.3, 0.4) is 0 Å². The van der Waals surface area contributed by atoms with Crippen molar-refractivity contribution in [1.82, 2.24) is 5.32 Å². The number of carbonyl (C=O) groups is 4. The van der Waals surface area contributed by atoms with Gasteiger partial charge in [0, 0.05) is 19.4 Å². The molecule has 0 aliphatic rings. The monoisotopic (exact) mass is 551 g/mol. The fourth-order valence-electron chi connectivity index (χ4n) is 3.63. The summed E-state index contributed by atoms with van der Waals surface area (Å²) in [6, 6.07) is 4.01. The zero-order valence-corrected chi connectivity index (χ0v) is 24.5. The van der Waals surface area contributed by atoms with Crippen molar-refractivity contribution in [3.8, 4) is 11.5 Å². The lowest BCUT2D eigenvalue weighted by Gasteiger charge is -2.21. The standard InChI is InChI=1S/C29H45NO9/c1-9-10-20(6)36-29(34)37-21(7)17-30-23(28(33)35-8)15-22-11-12-24(38-26(31)13-18(2)3)25(16-22)39-27(32)14-19(4)5/h11-12,16,18-21,23,30H,9-10,13-15,17H2,1-8H3/t20?,21?,23-/m0/s1. The van der Waals surface area contributed by atoms with E-state index in [9.17, 15) is 19.2 Å². The molecule has 0 saturated heterocycles. The van der Waals surface area contributed by atoms with Gasteiger partial charge in [0.25, 0.3) is 0 Å². The van der Waals surface area contributed by atoms with Gasteiger partial charge >= 0.3 is 24.1 Å². The highest BCUT2D eigenvalue weighted by molar-refractivity contribution is 5.77. The van der Waals surface area contributed by atoms with Gasteiger partial charge in [0.2, 0.25) is 0 Å². The molecule has 39 heavy (non-hydrogen) atoms. The molecule has 0 aliphatic carbocycles. The van der Waals surface area contributed by atoms with Gasteiger partial charge in [0.15, 0.2) is 11.5 Å². The molecule has 0 aliphatic heterocycles. The average molecular weight is 552 g/mol. The number of hydrogen-bond donors (Lipinski definition) is 1. The number of methoxy groups -OCH3 is 1. The first kappa shape index (κ1) is 33.9. The Morgan fingerprint density at radius 2 is 1.38 bits per heavy atom. The second kappa shape index (κ2) is 17.4. The van der Waals surface area contributed by atoms with Gasteiger partial charge in [-0.2, -0.15) is 0 Å². The number of rotatable bonds is 16. The molecule has 1 N–H and O–H groups in total. The van der Waals surface area contributed by atoms with Crippen LogP contribution in [-0.2, 0) is 35.0 Å². The molecule has 220 valence electrons. The molecule has 0 fully saturated rings. The van der Waals surface area contributed by atoms with Crippen molar-refractivity contribution in [3.05, 3.63) is 23.8 Å². The van der Waals surface area contributed by atoms with E-state index >= 15 is 0 Å². The smallest absolute Gasteiger partial charge is 0.468 e. The van der Waals surface area contributed by atoms with Gasteiger partial charge in [-0.3, -0.25) is 14.4 Å². The maximum atomic E-state index is 12.5. The first-order valence-electron chi connectivity index (χ1n) is 13.6. The number of hydrogen-bond acceptors (Lipinski definition) is 10. The van der Waals surface area contributed by atoms with Crippen LogP contribution < -0.4 is 14.8 Å². The molecule has 1 aromatic rings. The zero-order chi connectivity index (χ0) is 29.5. The molecule has 10 nitrogen and oxygen atoms in total. The van der Waals surface area contributed by atoms with Crippen molar-refractivity contribution in [3.63, 3.8) is 0 Å². The Kier molecular flexibility index (Phi) is 15.2. The quantitative estimate of drug-likeness (QED) is 0.222. The van der Waals surface area contributed by atoms with Crippen molar-refractivity contribution in [2.24, 2.45) is 11.8 Å². The van der Waals surface area contributed by atoms with Gasteiger partial charge in [-0.25, -0.2) is 4.79 Å². The minimum Gasteiger partial charge on any atom is -0.468 e. The van der Waals surface area contributed by atoms with Gasteiger partial charge in [-0.05, 0) is 56.2 Å². The molecule has 0 radical (unpaired) electrons.